The number of pyridine rings is 2. The minimum absolute atomic E-state index is 0.306. The number of halogens is 3. The van der Waals surface area contributed by atoms with Gasteiger partial charge in [-0.2, -0.15) is 13.2 Å². The number of anilines is 6. The number of aryl methyl sites for hydroxylation is 1. The number of nitrogens with zero attached hydrogens (tertiary/aromatic N) is 4. The van der Waals surface area contributed by atoms with Gasteiger partial charge in [-0.1, -0.05) is 18.2 Å². The Morgan fingerprint density at radius 1 is 0.628 bits per heavy atom. The number of hydrogen-bond donors (Lipinski definition) is 4. The summed E-state index contributed by atoms with van der Waals surface area (Å²) in [7, 11) is 0. The van der Waals surface area contributed by atoms with Gasteiger partial charge in [-0.05, 0) is 55.0 Å². The molecule has 0 bridgehead atoms. The molecule has 8 nitrogen and oxygen atoms in total. The number of alkyl halides is 3. The third kappa shape index (κ3) is 7.08. The Balaban J connectivity index is 1.10. The highest BCUT2D eigenvalue weighted by Crippen LogP contribution is 2.33. The highest BCUT2D eigenvalue weighted by atomic mass is 32.1. The van der Waals surface area contributed by atoms with E-state index < -0.39 is 11.7 Å². The first kappa shape index (κ1) is 28.1. The van der Waals surface area contributed by atoms with Crippen molar-refractivity contribution in [1.29, 1.82) is 0 Å². The fraction of sp³-hybridized carbons (Fsp3) is 0.0667. The molecule has 0 fully saturated rings. The van der Waals surface area contributed by atoms with E-state index in [-0.39, 0.29) is 0 Å². The van der Waals surface area contributed by atoms with E-state index in [1.54, 1.807) is 30.9 Å². The third-order valence-electron chi connectivity index (χ3n) is 6.14. The summed E-state index contributed by atoms with van der Waals surface area (Å²) in [5, 5.41) is 11.3. The standard InChI is InChI=1S/C30H23F3N8S2/c1-18-4-2-6-22(8-18)36-28-38-26(16-42-28)19-9-24(14-34-12-19)40-41-25-10-20(13-35-15-25)27-17-43-29(39-27)37-23-7-3-5-21(11-23)30(31,32)33/h2-17,40-41H,1H3,(H,36,38)(H,37,39). The van der Waals surface area contributed by atoms with Crippen molar-refractivity contribution in [1.82, 2.24) is 19.9 Å². The molecule has 0 amide bonds. The average molecular weight is 617 g/mol. The van der Waals surface area contributed by atoms with Gasteiger partial charge in [0.05, 0.1) is 40.7 Å². The largest absolute Gasteiger partial charge is 0.416 e. The van der Waals surface area contributed by atoms with E-state index in [0.29, 0.717) is 22.2 Å². The van der Waals surface area contributed by atoms with E-state index in [4.69, 9.17) is 4.98 Å². The zero-order valence-corrected chi connectivity index (χ0v) is 24.1. The van der Waals surface area contributed by atoms with Crippen LogP contribution in [-0.4, -0.2) is 19.9 Å². The number of nitrogens with one attached hydrogen (secondary N) is 4. The Hall–Kier alpha value is -5.01. The van der Waals surface area contributed by atoms with E-state index in [9.17, 15) is 13.2 Å². The van der Waals surface area contributed by atoms with E-state index in [1.807, 2.05) is 48.0 Å². The summed E-state index contributed by atoms with van der Waals surface area (Å²) in [5.74, 6) is 0. The van der Waals surface area contributed by atoms with Crippen LogP contribution in [0.1, 0.15) is 11.1 Å². The molecular weight excluding hydrogens is 594 g/mol. The molecule has 0 radical (unpaired) electrons. The molecule has 0 aliphatic heterocycles. The zero-order valence-electron chi connectivity index (χ0n) is 22.5. The lowest BCUT2D eigenvalue weighted by molar-refractivity contribution is -0.137. The molecule has 43 heavy (non-hydrogen) atoms. The van der Waals surface area contributed by atoms with E-state index in [1.165, 1.54) is 34.3 Å². The Kier molecular flexibility index (Phi) is 7.90. The second kappa shape index (κ2) is 12.1. The summed E-state index contributed by atoms with van der Waals surface area (Å²) in [5.41, 5.74) is 12.4. The summed E-state index contributed by atoms with van der Waals surface area (Å²) >= 11 is 2.80. The summed E-state index contributed by atoms with van der Waals surface area (Å²) in [4.78, 5) is 17.9. The van der Waals surface area contributed by atoms with Crippen LogP contribution < -0.4 is 21.5 Å². The third-order valence-corrected chi connectivity index (χ3v) is 7.65. The van der Waals surface area contributed by atoms with Crippen molar-refractivity contribution in [3.05, 3.63) is 107 Å². The van der Waals surface area contributed by atoms with Crippen molar-refractivity contribution >= 4 is 55.7 Å². The van der Waals surface area contributed by atoms with Gasteiger partial charge in [0.25, 0.3) is 0 Å². The Morgan fingerprint density at radius 3 is 1.70 bits per heavy atom. The van der Waals surface area contributed by atoms with Gasteiger partial charge in [-0.25, -0.2) is 9.97 Å². The van der Waals surface area contributed by atoms with Crippen molar-refractivity contribution in [2.75, 3.05) is 21.5 Å². The Bertz CT molecular complexity index is 1870. The predicted octanol–water partition coefficient (Wildman–Crippen LogP) is 8.98. The quantitative estimate of drug-likeness (QED) is 0.120. The first-order valence-electron chi connectivity index (χ1n) is 12.9. The molecule has 0 spiro atoms. The smallest absolute Gasteiger partial charge is 0.332 e. The molecule has 13 heteroatoms. The molecule has 0 unspecified atom stereocenters. The van der Waals surface area contributed by atoms with Crippen LogP contribution in [0, 0.1) is 6.92 Å². The predicted molar refractivity (Wildman–Crippen MR) is 167 cm³/mol. The first-order valence-corrected chi connectivity index (χ1v) is 14.7. The molecule has 216 valence electrons. The van der Waals surface area contributed by atoms with E-state index in [0.717, 1.165) is 45.5 Å². The zero-order chi connectivity index (χ0) is 29.8. The van der Waals surface area contributed by atoms with E-state index in [2.05, 4.69) is 42.5 Å². The molecule has 0 saturated heterocycles. The van der Waals surface area contributed by atoms with Crippen molar-refractivity contribution in [2.24, 2.45) is 0 Å². The van der Waals surface area contributed by atoms with Crippen molar-refractivity contribution in [3.63, 3.8) is 0 Å². The summed E-state index contributed by atoms with van der Waals surface area (Å²) in [6, 6.07) is 16.9. The topological polar surface area (TPSA) is 99.7 Å². The van der Waals surface area contributed by atoms with Crippen LogP contribution in [0.2, 0.25) is 0 Å². The van der Waals surface area contributed by atoms with E-state index >= 15 is 0 Å². The van der Waals surface area contributed by atoms with Crippen molar-refractivity contribution in [3.8, 4) is 22.5 Å². The Morgan fingerprint density at radius 2 is 1.16 bits per heavy atom. The maximum Gasteiger partial charge on any atom is 0.416 e. The SMILES string of the molecule is Cc1cccc(Nc2nc(-c3cncc(NNc4cncc(-c5csc(Nc6cccc(C(F)(F)F)c6)n5)c4)c3)cs2)c1. The molecule has 4 heterocycles. The van der Waals surface area contributed by atoms with Crippen LogP contribution in [0.25, 0.3) is 22.5 Å². The number of aromatic nitrogens is 4. The highest BCUT2D eigenvalue weighted by Gasteiger charge is 2.30. The van der Waals surface area contributed by atoms with Gasteiger partial charge in [0.15, 0.2) is 10.3 Å². The van der Waals surface area contributed by atoms with Crippen LogP contribution in [0.5, 0.6) is 0 Å². The molecule has 4 N–H and O–H groups in total. The Labute approximate surface area is 252 Å². The minimum atomic E-state index is -4.42. The van der Waals surface area contributed by atoms with Crippen LogP contribution in [0.15, 0.2) is 96.2 Å². The van der Waals surface area contributed by atoms with Crippen LogP contribution >= 0.6 is 22.7 Å². The average Bonchev–Trinajstić information content (AvgIpc) is 3.66. The second-order valence-corrected chi connectivity index (χ2v) is 11.2. The first-order chi connectivity index (χ1) is 20.8. The number of rotatable bonds is 9. The normalized spacial score (nSPS) is 11.3. The van der Waals surface area contributed by atoms with Crippen LogP contribution in [0.3, 0.4) is 0 Å². The minimum Gasteiger partial charge on any atom is -0.332 e. The maximum atomic E-state index is 13.1. The van der Waals surface area contributed by atoms with Gasteiger partial charge < -0.3 is 10.6 Å². The fourth-order valence-corrected chi connectivity index (χ4v) is 5.59. The molecule has 0 aliphatic rings. The summed E-state index contributed by atoms with van der Waals surface area (Å²) < 4.78 is 39.2. The number of hydrazine groups is 1. The van der Waals surface area contributed by atoms with Gasteiger partial charge in [0, 0.05) is 45.7 Å². The molecule has 2 aromatic carbocycles. The van der Waals surface area contributed by atoms with Crippen molar-refractivity contribution < 1.29 is 13.2 Å². The number of benzene rings is 2. The maximum absolute atomic E-state index is 13.1. The fourth-order valence-electron chi connectivity index (χ4n) is 4.11. The molecule has 0 saturated carbocycles. The molecule has 6 aromatic rings. The monoisotopic (exact) mass is 616 g/mol. The van der Waals surface area contributed by atoms with Crippen molar-refractivity contribution in [2.45, 2.75) is 13.1 Å². The van der Waals surface area contributed by atoms with Gasteiger partial charge in [-0.3, -0.25) is 20.8 Å². The van der Waals surface area contributed by atoms with Crippen LogP contribution in [0.4, 0.5) is 46.2 Å². The molecular formula is C30H23F3N8S2. The summed E-state index contributed by atoms with van der Waals surface area (Å²) in [6.45, 7) is 2.04. The number of hydrogen-bond acceptors (Lipinski definition) is 10. The lowest BCUT2D eigenvalue weighted by atomic mass is 10.2. The lowest BCUT2D eigenvalue weighted by Crippen LogP contribution is -2.09. The molecule has 0 aliphatic carbocycles. The van der Waals surface area contributed by atoms with Crippen LogP contribution in [-0.2, 0) is 6.18 Å². The summed E-state index contributed by atoms with van der Waals surface area (Å²) in [6.07, 6.45) is 2.36. The van der Waals surface area contributed by atoms with Gasteiger partial charge in [0.2, 0.25) is 0 Å². The molecule has 0 atom stereocenters. The molecule has 4 aromatic heterocycles. The number of thiazole rings is 2. The highest BCUT2D eigenvalue weighted by molar-refractivity contribution is 7.14. The van der Waals surface area contributed by atoms with Gasteiger partial charge in [-0.15, -0.1) is 22.7 Å². The van der Waals surface area contributed by atoms with Gasteiger partial charge in [0.1, 0.15) is 0 Å². The second-order valence-electron chi connectivity index (χ2n) is 9.45. The van der Waals surface area contributed by atoms with Gasteiger partial charge >= 0.3 is 6.18 Å². The molecule has 6 rings (SSSR count). The lowest BCUT2D eigenvalue weighted by Gasteiger charge is -2.10.